The van der Waals surface area contributed by atoms with Crippen LogP contribution in [0.15, 0.2) is 42.7 Å². The first-order valence-corrected chi connectivity index (χ1v) is 8.97. The lowest BCUT2D eigenvalue weighted by Gasteiger charge is -2.15. The van der Waals surface area contributed by atoms with Gasteiger partial charge in [-0.15, -0.1) is 0 Å². The Labute approximate surface area is 145 Å². The molecule has 0 aliphatic rings. The summed E-state index contributed by atoms with van der Waals surface area (Å²) >= 11 is 1.61. The number of hydrogen-bond donors (Lipinski definition) is 1. The second-order valence-electron chi connectivity index (χ2n) is 5.24. The zero-order valence-electron chi connectivity index (χ0n) is 13.8. The molecule has 128 valence electrons. The van der Waals surface area contributed by atoms with Crippen molar-refractivity contribution in [2.45, 2.75) is 19.0 Å². The van der Waals surface area contributed by atoms with Crippen molar-refractivity contribution in [3.05, 3.63) is 53.9 Å². The largest absolute Gasteiger partial charge is 0.467 e. The summed E-state index contributed by atoms with van der Waals surface area (Å²) in [4.78, 5) is 24.1. The third-order valence-corrected chi connectivity index (χ3v) is 4.13. The van der Waals surface area contributed by atoms with Gasteiger partial charge in [-0.25, -0.2) is 4.79 Å². The van der Waals surface area contributed by atoms with Crippen LogP contribution in [-0.4, -0.2) is 46.8 Å². The summed E-state index contributed by atoms with van der Waals surface area (Å²) in [5, 5.41) is 6.92. The average Bonchev–Trinajstić information content (AvgIpc) is 3.07. The smallest absolute Gasteiger partial charge is 0.328 e. The molecular formula is C17H21N3O3S. The van der Waals surface area contributed by atoms with Crippen LogP contribution in [0, 0.1) is 0 Å². The second kappa shape index (κ2) is 9.12. The predicted molar refractivity (Wildman–Crippen MR) is 94.0 cm³/mol. The first kappa shape index (κ1) is 18.1. The fraction of sp³-hybridized carbons (Fsp3) is 0.353. The van der Waals surface area contributed by atoms with Gasteiger partial charge in [0, 0.05) is 6.20 Å². The van der Waals surface area contributed by atoms with Gasteiger partial charge in [0.2, 0.25) is 0 Å². The molecule has 0 spiro atoms. The number of ether oxygens (including phenoxy) is 1. The first-order chi connectivity index (χ1) is 11.6. The molecule has 7 heteroatoms. The van der Waals surface area contributed by atoms with Crippen LogP contribution in [0.5, 0.6) is 0 Å². The number of benzene rings is 1. The van der Waals surface area contributed by atoms with Crippen molar-refractivity contribution in [3.63, 3.8) is 0 Å². The van der Waals surface area contributed by atoms with Crippen molar-refractivity contribution in [2.24, 2.45) is 0 Å². The fourth-order valence-electron chi connectivity index (χ4n) is 2.21. The minimum atomic E-state index is -0.646. The summed E-state index contributed by atoms with van der Waals surface area (Å²) in [6.45, 7) is 0.584. The number of nitrogens with one attached hydrogen (secondary N) is 1. The first-order valence-electron chi connectivity index (χ1n) is 7.58. The van der Waals surface area contributed by atoms with Crippen molar-refractivity contribution in [1.29, 1.82) is 0 Å². The number of aromatic nitrogens is 2. The van der Waals surface area contributed by atoms with E-state index in [2.05, 4.69) is 10.4 Å². The van der Waals surface area contributed by atoms with E-state index in [0.717, 1.165) is 11.3 Å². The standard InChI is InChI=1S/C17H21N3O3S/c1-23-17(22)15(8-9-24-2)19-16(21)14-10-18-20(12-14)11-13-6-4-3-5-7-13/h3-7,10,12,15H,8-9,11H2,1-2H3,(H,19,21)/t15-/m1/s1. The lowest BCUT2D eigenvalue weighted by atomic mass is 10.2. The Morgan fingerprint density at radius 3 is 2.75 bits per heavy atom. The minimum absolute atomic E-state index is 0.328. The predicted octanol–water partition coefficient (Wildman–Crippen LogP) is 1.96. The van der Waals surface area contributed by atoms with Crippen molar-refractivity contribution >= 4 is 23.6 Å². The fourth-order valence-corrected chi connectivity index (χ4v) is 2.68. The molecule has 0 unspecified atom stereocenters. The van der Waals surface area contributed by atoms with Crippen LogP contribution in [-0.2, 0) is 16.1 Å². The Hall–Kier alpha value is -2.28. The van der Waals surface area contributed by atoms with E-state index in [-0.39, 0.29) is 5.91 Å². The molecule has 1 amide bonds. The molecule has 1 atom stereocenters. The van der Waals surface area contributed by atoms with Crippen LogP contribution in [0.2, 0.25) is 0 Å². The number of methoxy groups -OCH3 is 1. The van der Waals surface area contributed by atoms with E-state index in [1.807, 2.05) is 36.6 Å². The monoisotopic (exact) mass is 347 g/mol. The van der Waals surface area contributed by atoms with E-state index in [0.29, 0.717) is 18.5 Å². The van der Waals surface area contributed by atoms with Gasteiger partial charge >= 0.3 is 5.97 Å². The van der Waals surface area contributed by atoms with Gasteiger partial charge in [-0.1, -0.05) is 30.3 Å². The molecule has 0 saturated heterocycles. The molecule has 1 aromatic heterocycles. The maximum absolute atomic E-state index is 12.3. The highest BCUT2D eigenvalue weighted by Gasteiger charge is 2.22. The molecule has 0 aliphatic heterocycles. The molecule has 1 aromatic carbocycles. The Balaban J connectivity index is 2.00. The Bertz CT molecular complexity index is 673. The Morgan fingerprint density at radius 2 is 2.08 bits per heavy atom. The van der Waals surface area contributed by atoms with Crippen molar-refractivity contribution in [2.75, 3.05) is 19.1 Å². The summed E-state index contributed by atoms with van der Waals surface area (Å²) in [7, 11) is 1.32. The third-order valence-electron chi connectivity index (χ3n) is 3.48. The molecule has 2 aromatic rings. The molecule has 0 saturated carbocycles. The Morgan fingerprint density at radius 1 is 1.33 bits per heavy atom. The number of hydrogen-bond acceptors (Lipinski definition) is 5. The van der Waals surface area contributed by atoms with E-state index in [4.69, 9.17) is 4.74 Å². The molecule has 1 heterocycles. The maximum Gasteiger partial charge on any atom is 0.328 e. The number of esters is 1. The van der Waals surface area contributed by atoms with Crippen molar-refractivity contribution in [3.8, 4) is 0 Å². The van der Waals surface area contributed by atoms with E-state index < -0.39 is 12.0 Å². The van der Waals surface area contributed by atoms with Crippen LogP contribution in [0.3, 0.4) is 0 Å². The maximum atomic E-state index is 12.3. The SMILES string of the molecule is COC(=O)[C@@H](CCSC)NC(=O)c1cnn(Cc2ccccc2)c1. The highest BCUT2D eigenvalue weighted by atomic mass is 32.2. The molecule has 24 heavy (non-hydrogen) atoms. The van der Waals surface area contributed by atoms with Crippen LogP contribution < -0.4 is 5.32 Å². The van der Waals surface area contributed by atoms with Crippen molar-refractivity contribution in [1.82, 2.24) is 15.1 Å². The van der Waals surface area contributed by atoms with Gasteiger partial charge in [-0.2, -0.15) is 16.9 Å². The third kappa shape index (κ3) is 5.13. The average molecular weight is 347 g/mol. The van der Waals surface area contributed by atoms with E-state index in [1.165, 1.54) is 13.3 Å². The number of carbonyl (C=O) groups is 2. The van der Waals surface area contributed by atoms with Crippen LogP contribution in [0.25, 0.3) is 0 Å². The zero-order valence-corrected chi connectivity index (χ0v) is 14.6. The highest BCUT2D eigenvalue weighted by Crippen LogP contribution is 2.07. The van der Waals surface area contributed by atoms with Crippen LogP contribution in [0.4, 0.5) is 0 Å². The molecule has 2 rings (SSSR count). The van der Waals surface area contributed by atoms with Gasteiger partial charge in [0.1, 0.15) is 6.04 Å². The number of amides is 1. The van der Waals surface area contributed by atoms with Gasteiger partial charge in [0.05, 0.1) is 25.4 Å². The van der Waals surface area contributed by atoms with Gasteiger partial charge < -0.3 is 10.1 Å². The number of carbonyl (C=O) groups excluding carboxylic acids is 2. The van der Waals surface area contributed by atoms with Gasteiger partial charge in [0.25, 0.3) is 5.91 Å². The summed E-state index contributed by atoms with van der Waals surface area (Å²) in [5.41, 5.74) is 1.52. The van der Waals surface area contributed by atoms with Crippen LogP contribution >= 0.6 is 11.8 Å². The molecule has 0 fully saturated rings. The molecule has 0 radical (unpaired) electrons. The molecule has 0 bridgehead atoms. The summed E-state index contributed by atoms with van der Waals surface area (Å²) in [6.07, 6.45) is 5.65. The van der Waals surface area contributed by atoms with Gasteiger partial charge in [-0.3, -0.25) is 9.48 Å². The molecule has 6 nitrogen and oxygen atoms in total. The normalized spacial score (nSPS) is 11.8. The topological polar surface area (TPSA) is 73.2 Å². The molecular weight excluding hydrogens is 326 g/mol. The van der Waals surface area contributed by atoms with Crippen LogP contribution in [0.1, 0.15) is 22.3 Å². The number of thioether (sulfide) groups is 1. The lowest BCUT2D eigenvalue weighted by molar-refractivity contribution is -0.142. The lowest BCUT2D eigenvalue weighted by Crippen LogP contribution is -2.41. The summed E-state index contributed by atoms with van der Waals surface area (Å²) in [5.74, 6) is -0.00673. The zero-order chi connectivity index (χ0) is 17.4. The molecule has 1 N–H and O–H groups in total. The Kier molecular flexibility index (Phi) is 6.87. The van der Waals surface area contributed by atoms with Gasteiger partial charge in [-0.05, 0) is 24.0 Å². The quantitative estimate of drug-likeness (QED) is 0.739. The summed E-state index contributed by atoms with van der Waals surface area (Å²) in [6, 6.07) is 9.21. The summed E-state index contributed by atoms with van der Waals surface area (Å²) < 4.78 is 6.44. The second-order valence-corrected chi connectivity index (χ2v) is 6.23. The highest BCUT2D eigenvalue weighted by molar-refractivity contribution is 7.98. The van der Waals surface area contributed by atoms with E-state index in [9.17, 15) is 9.59 Å². The van der Waals surface area contributed by atoms with E-state index >= 15 is 0 Å². The van der Waals surface area contributed by atoms with E-state index in [1.54, 1.807) is 22.6 Å². The number of rotatable bonds is 8. The van der Waals surface area contributed by atoms with Crippen molar-refractivity contribution < 1.29 is 14.3 Å². The molecule has 0 aliphatic carbocycles. The van der Waals surface area contributed by atoms with Gasteiger partial charge in [0.15, 0.2) is 0 Å². The number of nitrogens with zero attached hydrogens (tertiary/aromatic N) is 2. The minimum Gasteiger partial charge on any atom is -0.467 e.